The molecule has 4 heteroatoms. The van der Waals surface area contributed by atoms with Crippen molar-refractivity contribution in [1.29, 1.82) is 0 Å². The fraction of sp³-hybridized carbons (Fsp3) is 0.667. The zero-order valence-electron chi connectivity index (χ0n) is 9.29. The Balaban J connectivity index is 2.20. The Morgan fingerprint density at radius 2 is 2.12 bits per heavy atom. The van der Waals surface area contributed by atoms with Crippen LogP contribution in [0.3, 0.4) is 0 Å². The maximum absolute atomic E-state index is 10.5. The van der Waals surface area contributed by atoms with Gasteiger partial charge in [0.05, 0.1) is 11.1 Å². The molecule has 1 unspecified atom stereocenters. The number of halogens is 1. The van der Waals surface area contributed by atoms with Gasteiger partial charge in [0.25, 0.3) is 0 Å². The van der Waals surface area contributed by atoms with Gasteiger partial charge in [-0.05, 0) is 18.9 Å². The molecule has 2 nitrogen and oxygen atoms in total. The molecule has 1 aliphatic carbocycles. The van der Waals surface area contributed by atoms with Crippen LogP contribution in [0.2, 0.25) is 5.02 Å². The average Bonchev–Trinajstić information content (AvgIpc) is 2.76. The molecule has 1 saturated carbocycles. The highest BCUT2D eigenvalue weighted by atomic mass is 35.5. The topological polar surface area (TPSA) is 46.2 Å². The first kappa shape index (κ1) is 12.4. The summed E-state index contributed by atoms with van der Waals surface area (Å²) < 4.78 is 0. The molecule has 1 aromatic heterocycles. The maximum atomic E-state index is 10.5. The van der Waals surface area contributed by atoms with E-state index in [0.717, 1.165) is 17.7 Å². The summed E-state index contributed by atoms with van der Waals surface area (Å²) in [5.41, 5.74) is 5.78. The number of aliphatic hydroxyl groups is 1. The van der Waals surface area contributed by atoms with E-state index in [9.17, 15) is 5.11 Å². The van der Waals surface area contributed by atoms with Crippen LogP contribution in [0.4, 0.5) is 0 Å². The molecule has 2 rings (SSSR count). The van der Waals surface area contributed by atoms with Crippen molar-refractivity contribution < 1.29 is 5.11 Å². The minimum atomic E-state index is -0.449. The average molecular weight is 260 g/mol. The Morgan fingerprint density at radius 1 is 1.44 bits per heavy atom. The predicted molar refractivity (Wildman–Crippen MR) is 68.9 cm³/mol. The Labute approximate surface area is 105 Å². The van der Waals surface area contributed by atoms with Gasteiger partial charge in [-0.25, -0.2) is 0 Å². The van der Waals surface area contributed by atoms with Gasteiger partial charge in [0.15, 0.2) is 0 Å². The molecule has 1 heterocycles. The van der Waals surface area contributed by atoms with Gasteiger partial charge < -0.3 is 10.8 Å². The summed E-state index contributed by atoms with van der Waals surface area (Å²) in [5.74, 6) is 0. The lowest BCUT2D eigenvalue weighted by Gasteiger charge is -2.39. The third-order valence-electron chi connectivity index (χ3n) is 3.69. The van der Waals surface area contributed by atoms with Gasteiger partial charge >= 0.3 is 0 Å². The molecule has 1 atom stereocenters. The van der Waals surface area contributed by atoms with Gasteiger partial charge in [0.1, 0.15) is 0 Å². The minimum absolute atomic E-state index is 0.119. The van der Waals surface area contributed by atoms with E-state index in [2.05, 4.69) is 0 Å². The molecule has 0 saturated heterocycles. The van der Waals surface area contributed by atoms with Crippen molar-refractivity contribution in [2.75, 3.05) is 6.54 Å². The van der Waals surface area contributed by atoms with Crippen LogP contribution in [0.5, 0.6) is 0 Å². The van der Waals surface area contributed by atoms with Crippen LogP contribution >= 0.6 is 22.9 Å². The summed E-state index contributed by atoms with van der Waals surface area (Å²) in [6.07, 6.45) is 5.22. The molecule has 0 spiro atoms. The van der Waals surface area contributed by atoms with Gasteiger partial charge in [-0.3, -0.25) is 0 Å². The fourth-order valence-corrected chi connectivity index (χ4v) is 3.83. The molecule has 16 heavy (non-hydrogen) atoms. The van der Waals surface area contributed by atoms with Crippen LogP contribution in [-0.4, -0.2) is 11.7 Å². The van der Waals surface area contributed by atoms with E-state index in [1.54, 1.807) is 0 Å². The first-order chi connectivity index (χ1) is 7.68. The lowest BCUT2D eigenvalue weighted by atomic mass is 9.70. The highest BCUT2D eigenvalue weighted by Crippen LogP contribution is 2.46. The van der Waals surface area contributed by atoms with Crippen LogP contribution in [0.25, 0.3) is 0 Å². The van der Waals surface area contributed by atoms with Crippen molar-refractivity contribution in [3.63, 3.8) is 0 Å². The summed E-state index contributed by atoms with van der Waals surface area (Å²) in [5, 5.41) is 13.1. The van der Waals surface area contributed by atoms with E-state index in [0.29, 0.717) is 11.6 Å². The Morgan fingerprint density at radius 3 is 2.62 bits per heavy atom. The first-order valence-corrected chi connectivity index (χ1v) is 7.06. The monoisotopic (exact) mass is 259 g/mol. The number of aliphatic hydroxyl groups excluding tert-OH is 1. The van der Waals surface area contributed by atoms with E-state index in [4.69, 9.17) is 17.3 Å². The van der Waals surface area contributed by atoms with E-state index in [1.165, 1.54) is 30.6 Å². The molecule has 0 radical (unpaired) electrons. The van der Waals surface area contributed by atoms with Crippen molar-refractivity contribution in [2.24, 2.45) is 11.1 Å². The summed E-state index contributed by atoms with van der Waals surface area (Å²) in [4.78, 5) is 0.956. The zero-order valence-corrected chi connectivity index (χ0v) is 10.9. The molecule has 1 aliphatic rings. The van der Waals surface area contributed by atoms with Crippen LogP contribution in [0.1, 0.15) is 43.1 Å². The molecule has 3 N–H and O–H groups in total. The van der Waals surface area contributed by atoms with Gasteiger partial charge in [0, 0.05) is 22.2 Å². The second-order valence-corrected chi connectivity index (χ2v) is 6.08. The lowest BCUT2D eigenvalue weighted by Crippen LogP contribution is -2.38. The quantitative estimate of drug-likeness (QED) is 0.875. The predicted octanol–water partition coefficient (Wildman–Crippen LogP) is 3.34. The zero-order chi connectivity index (χ0) is 11.6. The van der Waals surface area contributed by atoms with Crippen LogP contribution in [-0.2, 0) is 0 Å². The second-order valence-electron chi connectivity index (χ2n) is 4.70. The SMILES string of the molecule is NCC1(C(O)c2cc(Cl)cs2)CCCCC1. The molecule has 90 valence electrons. The van der Waals surface area contributed by atoms with E-state index < -0.39 is 6.10 Å². The molecular weight excluding hydrogens is 242 g/mol. The summed E-state index contributed by atoms with van der Waals surface area (Å²) in [6.45, 7) is 0.559. The van der Waals surface area contributed by atoms with E-state index in [-0.39, 0.29) is 5.41 Å². The van der Waals surface area contributed by atoms with Crippen LogP contribution in [0, 0.1) is 5.41 Å². The molecule has 0 bridgehead atoms. The van der Waals surface area contributed by atoms with Crippen molar-refractivity contribution >= 4 is 22.9 Å². The van der Waals surface area contributed by atoms with Gasteiger partial charge in [-0.15, -0.1) is 11.3 Å². The van der Waals surface area contributed by atoms with Gasteiger partial charge in [-0.1, -0.05) is 30.9 Å². The van der Waals surface area contributed by atoms with Crippen LogP contribution < -0.4 is 5.73 Å². The number of nitrogens with two attached hydrogens (primary N) is 1. The summed E-state index contributed by atoms with van der Waals surface area (Å²) >= 11 is 7.43. The first-order valence-electron chi connectivity index (χ1n) is 5.80. The maximum Gasteiger partial charge on any atom is 0.0950 e. The Bertz CT molecular complexity index is 347. The number of hydrogen-bond donors (Lipinski definition) is 2. The third kappa shape index (κ3) is 2.28. The van der Waals surface area contributed by atoms with Crippen molar-refractivity contribution in [3.05, 3.63) is 21.3 Å². The third-order valence-corrected chi connectivity index (χ3v) is 5.03. The lowest BCUT2D eigenvalue weighted by molar-refractivity contribution is 0.00313. The Hall–Kier alpha value is -0.0900. The van der Waals surface area contributed by atoms with Crippen molar-refractivity contribution in [1.82, 2.24) is 0 Å². The van der Waals surface area contributed by atoms with E-state index in [1.807, 2.05) is 11.4 Å². The molecule has 0 aromatic carbocycles. The minimum Gasteiger partial charge on any atom is -0.387 e. The van der Waals surface area contributed by atoms with Gasteiger partial charge in [0.2, 0.25) is 0 Å². The summed E-state index contributed by atoms with van der Waals surface area (Å²) in [6, 6.07) is 1.86. The second kappa shape index (κ2) is 5.05. The number of hydrogen-bond acceptors (Lipinski definition) is 3. The molecule has 0 amide bonds. The van der Waals surface area contributed by atoms with Crippen molar-refractivity contribution in [3.8, 4) is 0 Å². The van der Waals surface area contributed by atoms with Crippen LogP contribution in [0.15, 0.2) is 11.4 Å². The fourth-order valence-electron chi connectivity index (χ4n) is 2.62. The smallest absolute Gasteiger partial charge is 0.0950 e. The highest BCUT2D eigenvalue weighted by Gasteiger charge is 2.39. The van der Waals surface area contributed by atoms with E-state index >= 15 is 0 Å². The summed E-state index contributed by atoms with van der Waals surface area (Å²) in [7, 11) is 0. The largest absolute Gasteiger partial charge is 0.387 e. The normalized spacial score (nSPS) is 21.9. The van der Waals surface area contributed by atoms with Crippen molar-refractivity contribution in [2.45, 2.75) is 38.2 Å². The molecule has 0 aliphatic heterocycles. The molecular formula is C12H18ClNOS. The number of rotatable bonds is 3. The molecule has 1 aromatic rings. The number of thiophene rings is 1. The standard InChI is InChI=1S/C12H18ClNOS/c13-9-6-10(16-7-9)11(15)12(8-14)4-2-1-3-5-12/h6-7,11,15H,1-5,8,14H2. The highest BCUT2D eigenvalue weighted by molar-refractivity contribution is 7.10. The Kier molecular flexibility index (Phi) is 3.90. The molecule has 1 fully saturated rings. The van der Waals surface area contributed by atoms with Gasteiger partial charge in [-0.2, -0.15) is 0 Å².